The quantitative estimate of drug-likeness (QED) is 0.642. The van der Waals surface area contributed by atoms with Crippen molar-refractivity contribution in [3.05, 3.63) is 17.7 Å². The summed E-state index contributed by atoms with van der Waals surface area (Å²) >= 11 is 0. The maximum atomic E-state index is 11.9. The lowest BCUT2D eigenvalue weighted by Crippen LogP contribution is -1.99. The fourth-order valence-electron chi connectivity index (χ4n) is 0.995. The first kappa shape index (κ1) is 8.90. The first-order chi connectivity index (χ1) is 5.65. The normalized spacial score (nSPS) is 10.2. The van der Waals surface area contributed by atoms with Crippen molar-refractivity contribution in [2.45, 2.75) is 20.4 Å². The Kier molecular flexibility index (Phi) is 2.58. The molecule has 0 aliphatic carbocycles. The van der Waals surface area contributed by atoms with E-state index in [1.165, 1.54) is 6.92 Å². The summed E-state index contributed by atoms with van der Waals surface area (Å²) in [6.45, 7) is 3.03. The predicted molar refractivity (Wildman–Crippen MR) is 42.9 cm³/mol. The van der Waals surface area contributed by atoms with Crippen molar-refractivity contribution in [3.63, 3.8) is 0 Å². The number of Topliss-reactive ketones (excluding diaryl/α,β-unsaturated/α-hetero) is 1. The number of rotatable bonds is 3. The van der Waals surface area contributed by atoms with E-state index in [4.69, 9.17) is 0 Å². The second-order valence-corrected chi connectivity index (χ2v) is 2.61. The zero-order valence-electron chi connectivity index (χ0n) is 7.17. The van der Waals surface area contributed by atoms with E-state index in [9.17, 15) is 9.18 Å². The highest BCUT2D eigenvalue weighted by Crippen LogP contribution is 2.02. The van der Waals surface area contributed by atoms with Crippen LogP contribution in [0.3, 0.4) is 0 Å². The molecule has 12 heavy (non-hydrogen) atoms. The lowest BCUT2D eigenvalue weighted by molar-refractivity contribution is 0.101. The van der Waals surface area contributed by atoms with Gasteiger partial charge in [-0.3, -0.25) is 4.79 Å². The van der Waals surface area contributed by atoms with Crippen LogP contribution in [-0.4, -0.2) is 22.0 Å². The molecular formula is C8H11FN2O. The van der Waals surface area contributed by atoms with Gasteiger partial charge in [0.05, 0.1) is 6.54 Å². The maximum Gasteiger partial charge on any atom is 0.179 e. The molecule has 0 fully saturated rings. The van der Waals surface area contributed by atoms with Gasteiger partial charge >= 0.3 is 0 Å². The van der Waals surface area contributed by atoms with E-state index in [1.54, 1.807) is 17.7 Å². The molecule has 0 spiro atoms. The average Bonchev–Trinajstić information content (AvgIpc) is 2.34. The van der Waals surface area contributed by atoms with Gasteiger partial charge < -0.3 is 4.57 Å². The number of nitrogens with zero attached hydrogens (tertiary/aromatic N) is 2. The van der Waals surface area contributed by atoms with E-state index in [0.717, 1.165) is 0 Å². The summed E-state index contributed by atoms with van der Waals surface area (Å²) < 4.78 is 13.6. The monoisotopic (exact) mass is 170 g/mol. The van der Waals surface area contributed by atoms with Crippen LogP contribution in [0.5, 0.6) is 0 Å². The van der Waals surface area contributed by atoms with Crippen LogP contribution in [0.25, 0.3) is 0 Å². The number of aryl methyl sites for hydroxylation is 2. The second-order valence-electron chi connectivity index (χ2n) is 2.61. The van der Waals surface area contributed by atoms with Gasteiger partial charge in [-0.15, -0.1) is 0 Å². The summed E-state index contributed by atoms with van der Waals surface area (Å²) in [5.74, 6) is 0.591. The van der Waals surface area contributed by atoms with Gasteiger partial charge in [0.25, 0.3) is 0 Å². The zero-order valence-corrected chi connectivity index (χ0v) is 7.17. The molecule has 0 aliphatic heterocycles. The largest absolute Gasteiger partial charge is 0.332 e. The second kappa shape index (κ2) is 3.47. The number of hydrogen-bond donors (Lipinski definition) is 0. The van der Waals surface area contributed by atoms with Gasteiger partial charge in [0.2, 0.25) is 0 Å². The molecule has 1 rings (SSSR count). The van der Waals surface area contributed by atoms with Gasteiger partial charge in [-0.05, 0) is 6.92 Å². The van der Waals surface area contributed by atoms with Crippen molar-refractivity contribution >= 4 is 5.78 Å². The first-order valence-corrected chi connectivity index (χ1v) is 3.76. The molecule has 0 aromatic carbocycles. The predicted octanol–water partition coefficient (Wildman–Crippen LogP) is 1.36. The minimum atomic E-state index is -0.436. The van der Waals surface area contributed by atoms with Crippen LogP contribution in [0.15, 0.2) is 6.20 Å². The van der Waals surface area contributed by atoms with Crippen LogP contribution in [0.2, 0.25) is 0 Å². The fraction of sp³-hybridized carbons (Fsp3) is 0.500. The summed E-state index contributed by atoms with van der Waals surface area (Å²) in [6.07, 6.45) is 1.58. The highest BCUT2D eigenvalue weighted by molar-refractivity contribution is 5.91. The van der Waals surface area contributed by atoms with Crippen molar-refractivity contribution in [1.82, 2.24) is 9.55 Å². The molecule has 4 heteroatoms. The molecule has 66 valence electrons. The molecule has 0 unspecified atom stereocenters. The van der Waals surface area contributed by atoms with E-state index in [-0.39, 0.29) is 12.3 Å². The Labute approximate surface area is 70.2 Å². The van der Waals surface area contributed by atoms with Crippen LogP contribution in [-0.2, 0) is 6.54 Å². The van der Waals surface area contributed by atoms with Crippen LogP contribution in [0, 0.1) is 6.92 Å². The number of aromatic nitrogens is 2. The van der Waals surface area contributed by atoms with Crippen LogP contribution >= 0.6 is 0 Å². The lowest BCUT2D eigenvalue weighted by Gasteiger charge is -1.97. The molecule has 0 saturated carbocycles. The van der Waals surface area contributed by atoms with Crippen LogP contribution in [0.1, 0.15) is 23.2 Å². The topological polar surface area (TPSA) is 34.9 Å². The first-order valence-electron chi connectivity index (χ1n) is 3.76. The molecule has 0 atom stereocenters. The third kappa shape index (κ3) is 1.69. The SMILES string of the molecule is CC(=O)c1cn(CCF)c(C)n1. The Morgan fingerprint density at radius 1 is 1.75 bits per heavy atom. The van der Waals surface area contributed by atoms with E-state index >= 15 is 0 Å². The number of carbonyl (C=O) groups excluding carboxylic acids is 1. The molecule has 0 saturated heterocycles. The summed E-state index contributed by atoms with van der Waals surface area (Å²) in [4.78, 5) is 14.8. The number of hydrogen-bond acceptors (Lipinski definition) is 2. The third-order valence-electron chi connectivity index (χ3n) is 1.66. The van der Waals surface area contributed by atoms with Crippen molar-refractivity contribution < 1.29 is 9.18 Å². The molecule has 0 N–H and O–H groups in total. The number of imidazole rings is 1. The van der Waals surface area contributed by atoms with Crippen LogP contribution in [0.4, 0.5) is 4.39 Å². The summed E-state index contributed by atoms with van der Waals surface area (Å²) in [6, 6.07) is 0. The number of halogens is 1. The van der Waals surface area contributed by atoms with Crippen molar-refractivity contribution in [1.29, 1.82) is 0 Å². The Bertz CT molecular complexity index is 293. The summed E-state index contributed by atoms with van der Waals surface area (Å²) in [5, 5.41) is 0. The molecule has 0 radical (unpaired) electrons. The molecule has 1 aromatic rings. The average molecular weight is 170 g/mol. The van der Waals surface area contributed by atoms with Crippen molar-refractivity contribution in [3.8, 4) is 0 Å². The molecule has 3 nitrogen and oxygen atoms in total. The minimum Gasteiger partial charge on any atom is -0.332 e. The molecule has 0 amide bonds. The maximum absolute atomic E-state index is 11.9. The van der Waals surface area contributed by atoms with Gasteiger partial charge in [0.15, 0.2) is 5.78 Å². The molecule has 0 bridgehead atoms. The number of alkyl halides is 1. The highest BCUT2D eigenvalue weighted by atomic mass is 19.1. The zero-order chi connectivity index (χ0) is 9.14. The standard InChI is InChI=1S/C8H11FN2O/c1-6(12)8-5-11(4-3-9)7(2)10-8/h5H,3-4H2,1-2H3. The van der Waals surface area contributed by atoms with Gasteiger partial charge in [0, 0.05) is 13.1 Å². The van der Waals surface area contributed by atoms with Gasteiger partial charge in [0.1, 0.15) is 18.2 Å². The minimum absolute atomic E-state index is 0.0873. The van der Waals surface area contributed by atoms with Crippen molar-refractivity contribution in [2.75, 3.05) is 6.67 Å². The number of ketones is 1. The highest BCUT2D eigenvalue weighted by Gasteiger charge is 2.06. The summed E-state index contributed by atoms with van der Waals surface area (Å²) in [5.41, 5.74) is 0.404. The third-order valence-corrected chi connectivity index (χ3v) is 1.66. The Hall–Kier alpha value is -1.19. The lowest BCUT2D eigenvalue weighted by atomic mass is 10.3. The molecule has 0 aliphatic rings. The number of carbonyl (C=O) groups is 1. The van der Waals surface area contributed by atoms with E-state index in [2.05, 4.69) is 4.98 Å². The summed E-state index contributed by atoms with van der Waals surface area (Å²) in [7, 11) is 0. The van der Waals surface area contributed by atoms with Crippen molar-refractivity contribution in [2.24, 2.45) is 0 Å². The van der Waals surface area contributed by atoms with E-state index < -0.39 is 6.67 Å². The molecule has 1 heterocycles. The Morgan fingerprint density at radius 3 is 2.83 bits per heavy atom. The fourth-order valence-corrected chi connectivity index (χ4v) is 0.995. The van der Waals surface area contributed by atoms with E-state index in [0.29, 0.717) is 11.5 Å². The smallest absolute Gasteiger partial charge is 0.179 e. The Morgan fingerprint density at radius 2 is 2.42 bits per heavy atom. The van der Waals surface area contributed by atoms with Gasteiger partial charge in [-0.1, -0.05) is 0 Å². The Balaban J connectivity index is 2.92. The molecular weight excluding hydrogens is 159 g/mol. The van der Waals surface area contributed by atoms with Gasteiger partial charge in [-0.2, -0.15) is 0 Å². The van der Waals surface area contributed by atoms with E-state index in [1.807, 2.05) is 0 Å². The van der Waals surface area contributed by atoms with Gasteiger partial charge in [-0.25, -0.2) is 9.37 Å². The molecule has 1 aromatic heterocycles. The van der Waals surface area contributed by atoms with Crippen LogP contribution < -0.4 is 0 Å².